The van der Waals surface area contributed by atoms with E-state index in [9.17, 15) is 0 Å². The summed E-state index contributed by atoms with van der Waals surface area (Å²) in [7, 11) is 1.96. The highest BCUT2D eigenvalue weighted by atomic mass is 16.5. The van der Waals surface area contributed by atoms with Crippen LogP contribution in [0.15, 0.2) is 59.9 Å². The number of allylic oxidation sites excluding steroid dienone is 4. The van der Waals surface area contributed by atoms with Gasteiger partial charge in [-0.3, -0.25) is 0 Å². The highest BCUT2D eigenvalue weighted by Crippen LogP contribution is 2.31. The van der Waals surface area contributed by atoms with Crippen molar-refractivity contribution in [1.29, 1.82) is 0 Å². The number of ether oxygens (including phenoxy) is 1. The lowest BCUT2D eigenvalue weighted by atomic mass is 9.93. The number of benzene rings is 1. The van der Waals surface area contributed by atoms with Gasteiger partial charge in [0.1, 0.15) is 11.5 Å². The lowest BCUT2D eigenvalue weighted by Gasteiger charge is -2.21. The van der Waals surface area contributed by atoms with Crippen LogP contribution in [-0.2, 0) is 6.54 Å². The predicted octanol–water partition coefficient (Wildman–Crippen LogP) is 5.38. The van der Waals surface area contributed by atoms with Crippen molar-refractivity contribution in [1.82, 2.24) is 5.32 Å². The second kappa shape index (κ2) is 8.73. The molecule has 0 atom stereocenters. The molecule has 0 bridgehead atoms. The monoisotopic (exact) mass is 311 g/mol. The number of nitrogens with one attached hydrogen (secondary N) is 1. The first-order valence-corrected chi connectivity index (χ1v) is 8.59. The Morgan fingerprint density at radius 2 is 1.96 bits per heavy atom. The summed E-state index contributed by atoms with van der Waals surface area (Å²) in [5.41, 5.74) is 3.65. The molecule has 0 radical (unpaired) electrons. The smallest absolute Gasteiger partial charge is 0.133 e. The predicted molar refractivity (Wildman–Crippen MR) is 98.4 cm³/mol. The molecule has 1 aliphatic rings. The minimum absolute atomic E-state index is 0.683. The van der Waals surface area contributed by atoms with Crippen molar-refractivity contribution < 1.29 is 4.74 Å². The van der Waals surface area contributed by atoms with E-state index >= 15 is 0 Å². The Hall–Kier alpha value is -1.80. The van der Waals surface area contributed by atoms with Gasteiger partial charge < -0.3 is 10.1 Å². The lowest BCUT2D eigenvalue weighted by Crippen LogP contribution is -2.08. The molecule has 1 aliphatic carbocycles. The molecule has 2 nitrogen and oxygen atoms in total. The Labute approximate surface area is 140 Å². The summed E-state index contributed by atoms with van der Waals surface area (Å²) in [6.45, 7) is 9.56. The SMILES string of the molecule is C=C1CCCC(/C=C/CC(C)C)=C1Oc1ccc(CNC)cc1. The maximum absolute atomic E-state index is 6.18. The molecule has 1 aromatic rings. The van der Waals surface area contributed by atoms with Gasteiger partial charge in [0.15, 0.2) is 0 Å². The molecule has 124 valence electrons. The van der Waals surface area contributed by atoms with Crippen molar-refractivity contribution in [3.05, 3.63) is 65.5 Å². The van der Waals surface area contributed by atoms with Crippen LogP contribution >= 0.6 is 0 Å². The van der Waals surface area contributed by atoms with Gasteiger partial charge in [0.05, 0.1) is 0 Å². The first-order chi connectivity index (χ1) is 11.1. The quantitative estimate of drug-likeness (QED) is 0.730. The molecule has 0 heterocycles. The number of hydrogen-bond donors (Lipinski definition) is 1. The maximum atomic E-state index is 6.18. The van der Waals surface area contributed by atoms with E-state index < -0.39 is 0 Å². The van der Waals surface area contributed by atoms with E-state index in [0.717, 1.165) is 49.3 Å². The molecule has 0 aromatic heterocycles. The third kappa shape index (κ3) is 5.40. The van der Waals surface area contributed by atoms with Gasteiger partial charge in [-0.15, -0.1) is 0 Å². The largest absolute Gasteiger partial charge is 0.457 e. The first-order valence-electron chi connectivity index (χ1n) is 8.59. The van der Waals surface area contributed by atoms with Crippen LogP contribution in [0.5, 0.6) is 5.75 Å². The van der Waals surface area contributed by atoms with Gasteiger partial charge in [-0.25, -0.2) is 0 Å². The topological polar surface area (TPSA) is 21.3 Å². The van der Waals surface area contributed by atoms with E-state index in [1.165, 1.54) is 11.1 Å². The molecular formula is C21H29NO. The summed E-state index contributed by atoms with van der Waals surface area (Å²) in [5.74, 6) is 2.54. The molecule has 2 rings (SSSR count). The molecule has 0 saturated heterocycles. The summed E-state index contributed by atoms with van der Waals surface area (Å²) in [5, 5.41) is 3.16. The first kappa shape index (κ1) is 17.6. The standard InChI is InChI=1S/C21H29NO/c1-16(2)7-5-9-19-10-6-8-17(3)21(19)23-20-13-11-18(12-14-20)15-22-4/h5,9,11-14,16,22H,3,6-8,10,15H2,1-2,4H3/b9-5+. The average molecular weight is 311 g/mol. The van der Waals surface area contributed by atoms with Crippen molar-refractivity contribution in [3.63, 3.8) is 0 Å². The minimum atomic E-state index is 0.683. The van der Waals surface area contributed by atoms with Crippen LogP contribution in [0.4, 0.5) is 0 Å². The second-order valence-corrected chi connectivity index (χ2v) is 6.62. The fourth-order valence-electron chi connectivity index (χ4n) is 2.72. The van der Waals surface area contributed by atoms with E-state index in [4.69, 9.17) is 4.74 Å². The van der Waals surface area contributed by atoms with Crippen LogP contribution in [0.2, 0.25) is 0 Å². The Morgan fingerprint density at radius 1 is 1.22 bits per heavy atom. The van der Waals surface area contributed by atoms with E-state index in [1.54, 1.807) is 0 Å². The maximum Gasteiger partial charge on any atom is 0.133 e. The molecular weight excluding hydrogens is 282 g/mol. The molecule has 1 N–H and O–H groups in total. The van der Waals surface area contributed by atoms with Crippen molar-refractivity contribution in [2.24, 2.45) is 5.92 Å². The van der Waals surface area contributed by atoms with Crippen molar-refractivity contribution in [2.75, 3.05) is 7.05 Å². The Morgan fingerprint density at radius 3 is 2.61 bits per heavy atom. The third-order valence-corrected chi connectivity index (χ3v) is 3.99. The van der Waals surface area contributed by atoms with E-state index in [-0.39, 0.29) is 0 Å². The summed E-state index contributed by atoms with van der Waals surface area (Å²) in [6.07, 6.45) is 8.85. The fraction of sp³-hybridized carbons (Fsp3) is 0.429. The van der Waals surface area contributed by atoms with Crippen LogP contribution in [-0.4, -0.2) is 7.05 Å². The molecule has 1 aromatic carbocycles. The highest BCUT2D eigenvalue weighted by molar-refractivity contribution is 5.41. The van der Waals surface area contributed by atoms with Crippen LogP contribution in [0.3, 0.4) is 0 Å². The summed E-state index contributed by atoms with van der Waals surface area (Å²) in [4.78, 5) is 0. The normalized spacial score (nSPS) is 15.7. The molecule has 0 fully saturated rings. The molecule has 0 saturated carbocycles. The number of rotatable bonds is 7. The van der Waals surface area contributed by atoms with Gasteiger partial charge in [0, 0.05) is 6.54 Å². The van der Waals surface area contributed by atoms with Gasteiger partial charge >= 0.3 is 0 Å². The van der Waals surface area contributed by atoms with Gasteiger partial charge in [-0.1, -0.05) is 44.7 Å². The summed E-state index contributed by atoms with van der Waals surface area (Å²) in [6, 6.07) is 8.28. The zero-order valence-corrected chi connectivity index (χ0v) is 14.7. The third-order valence-electron chi connectivity index (χ3n) is 3.99. The van der Waals surface area contributed by atoms with Crippen molar-refractivity contribution >= 4 is 0 Å². The van der Waals surface area contributed by atoms with Crippen molar-refractivity contribution in [3.8, 4) is 5.75 Å². The highest BCUT2D eigenvalue weighted by Gasteiger charge is 2.16. The zero-order valence-electron chi connectivity index (χ0n) is 14.7. The number of hydrogen-bond acceptors (Lipinski definition) is 2. The molecule has 0 unspecified atom stereocenters. The van der Waals surface area contributed by atoms with Gasteiger partial charge in [-0.05, 0) is 67.5 Å². The van der Waals surface area contributed by atoms with Crippen LogP contribution in [0, 0.1) is 5.92 Å². The Kier molecular flexibility index (Phi) is 6.66. The average Bonchev–Trinajstić information content (AvgIpc) is 2.52. The molecule has 0 amide bonds. The summed E-state index contributed by atoms with van der Waals surface area (Å²) >= 11 is 0. The van der Waals surface area contributed by atoms with E-state index in [0.29, 0.717) is 5.92 Å². The summed E-state index contributed by atoms with van der Waals surface area (Å²) < 4.78 is 6.18. The van der Waals surface area contributed by atoms with Gasteiger partial charge in [0.2, 0.25) is 0 Å². The van der Waals surface area contributed by atoms with Gasteiger partial charge in [-0.2, -0.15) is 0 Å². The van der Waals surface area contributed by atoms with Crippen LogP contribution in [0.25, 0.3) is 0 Å². The van der Waals surface area contributed by atoms with Gasteiger partial charge in [0.25, 0.3) is 0 Å². The van der Waals surface area contributed by atoms with Crippen LogP contribution < -0.4 is 10.1 Å². The molecule has 2 heteroatoms. The molecule has 0 spiro atoms. The van der Waals surface area contributed by atoms with Crippen molar-refractivity contribution in [2.45, 2.75) is 46.1 Å². The van der Waals surface area contributed by atoms with Crippen LogP contribution in [0.1, 0.15) is 45.1 Å². The molecule has 23 heavy (non-hydrogen) atoms. The lowest BCUT2D eigenvalue weighted by molar-refractivity contribution is 0.416. The van der Waals surface area contributed by atoms with E-state index in [2.05, 4.69) is 50.0 Å². The minimum Gasteiger partial charge on any atom is -0.457 e. The Bertz CT molecular complexity index is 578. The Balaban J connectivity index is 2.15. The van der Waals surface area contributed by atoms with E-state index in [1.807, 2.05) is 19.2 Å². The molecule has 0 aliphatic heterocycles. The zero-order chi connectivity index (χ0) is 16.7. The fourth-order valence-corrected chi connectivity index (χ4v) is 2.72. The second-order valence-electron chi connectivity index (χ2n) is 6.62.